The van der Waals surface area contributed by atoms with E-state index in [-0.39, 0.29) is 0 Å². The lowest BCUT2D eigenvalue weighted by molar-refractivity contribution is 0.160. The lowest BCUT2D eigenvalue weighted by Crippen LogP contribution is -2.24. The molecule has 0 aliphatic heterocycles. The van der Waals surface area contributed by atoms with E-state index in [2.05, 4.69) is 27.7 Å². The summed E-state index contributed by atoms with van der Waals surface area (Å²) in [6, 6.07) is 0. The van der Waals surface area contributed by atoms with Crippen LogP contribution in [-0.4, -0.2) is 0 Å². The fourth-order valence-corrected chi connectivity index (χ4v) is 2.17. The van der Waals surface area contributed by atoms with Crippen LogP contribution >= 0.6 is 0 Å². The molecule has 0 amide bonds. The van der Waals surface area contributed by atoms with Gasteiger partial charge in [0.05, 0.1) is 0 Å². The fraction of sp³-hybridized carbons (Fsp3) is 1.00. The van der Waals surface area contributed by atoms with Crippen molar-refractivity contribution in [3.05, 3.63) is 0 Å². The molecule has 0 aromatic rings. The summed E-state index contributed by atoms with van der Waals surface area (Å²) in [4.78, 5) is 0. The minimum atomic E-state index is 0.592. The van der Waals surface area contributed by atoms with E-state index < -0.39 is 0 Å². The monoisotopic (exact) mass is 168 g/mol. The van der Waals surface area contributed by atoms with Gasteiger partial charge in [0.1, 0.15) is 0 Å². The highest BCUT2D eigenvalue weighted by Gasteiger charge is 2.27. The van der Waals surface area contributed by atoms with Crippen LogP contribution in [0.2, 0.25) is 0 Å². The quantitative estimate of drug-likeness (QED) is 0.507. The van der Waals surface area contributed by atoms with Gasteiger partial charge in [0, 0.05) is 0 Å². The largest absolute Gasteiger partial charge is 0.0625 e. The third-order valence-corrected chi connectivity index (χ3v) is 3.95. The standard InChI is InChI=1S/C12H24/c1-10-6-5-7-11(2)12(3,4)9-8-10/h10-11H,5-9H2,1-4H3. The number of hydrogen-bond donors (Lipinski definition) is 0. The van der Waals surface area contributed by atoms with E-state index in [1.165, 1.54) is 32.1 Å². The molecule has 0 spiro atoms. The van der Waals surface area contributed by atoms with Gasteiger partial charge in [-0.25, -0.2) is 0 Å². The molecule has 1 rings (SSSR count). The molecule has 0 aromatic heterocycles. The third kappa shape index (κ3) is 2.50. The van der Waals surface area contributed by atoms with Crippen molar-refractivity contribution >= 4 is 0 Å². The van der Waals surface area contributed by atoms with Crippen LogP contribution in [0.4, 0.5) is 0 Å². The second kappa shape index (κ2) is 3.81. The second-order valence-corrected chi connectivity index (χ2v) is 5.46. The molecule has 2 atom stereocenters. The molecule has 0 nitrogen and oxygen atoms in total. The molecule has 0 bridgehead atoms. The molecule has 1 aliphatic rings. The summed E-state index contributed by atoms with van der Waals surface area (Å²) >= 11 is 0. The van der Waals surface area contributed by atoms with Crippen molar-refractivity contribution < 1.29 is 0 Å². The Kier molecular flexibility index (Phi) is 3.20. The zero-order valence-corrected chi connectivity index (χ0v) is 9.19. The van der Waals surface area contributed by atoms with E-state index in [0.717, 1.165) is 11.8 Å². The molecule has 2 unspecified atom stereocenters. The Morgan fingerprint density at radius 2 is 1.67 bits per heavy atom. The highest BCUT2D eigenvalue weighted by molar-refractivity contribution is 4.78. The molecule has 0 radical (unpaired) electrons. The van der Waals surface area contributed by atoms with Crippen molar-refractivity contribution in [2.75, 3.05) is 0 Å². The van der Waals surface area contributed by atoms with Crippen LogP contribution in [0.15, 0.2) is 0 Å². The van der Waals surface area contributed by atoms with Crippen LogP contribution in [0.1, 0.15) is 59.8 Å². The van der Waals surface area contributed by atoms with Crippen molar-refractivity contribution in [1.82, 2.24) is 0 Å². The van der Waals surface area contributed by atoms with Gasteiger partial charge < -0.3 is 0 Å². The van der Waals surface area contributed by atoms with Crippen molar-refractivity contribution in [2.24, 2.45) is 17.3 Å². The summed E-state index contributed by atoms with van der Waals surface area (Å²) in [6.07, 6.45) is 7.22. The maximum Gasteiger partial charge on any atom is -0.0328 e. The van der Waals surface area contributed by atoms with Crippen LogP contribution < -0.4 is 0 Å². The van der Waals surface area contributed by atoms with Crippen LogP contribution in [-0.2, 0) is 0 Å². The summed E-state index contributed by atoms with van der Waals surface area (Å²) < 4.78 is 0. The molecule has 0 aromatic carbocycles. The third-order valence-electron chi connectivity index (χ3n) is 3.95. The van der Waals surface area contributed by atoms with Gasteiger partial charge in [-0.1, -0.05) is 53.4 Å². The summed E-state index contributed by atoms with van der Waals surface area (Å²) in [7, 11) is 0. The topological polar surface area (TPSA) is 0 Å². The van der Waals surface area contributed by atoms with Gasteiger partial charge >= 0.3 is 0 Å². The highest BCUT2D eigenvalue weighted by atomic mass is 14.3. The van der Waals surface area contributed by atoms with Gasteiger partial charge in [0.2, 0.25) is 0 Å². The Labute approximate surface area is 77.7 Å². The second-order valence-electron chi connectivity index (χ2n) is 5.46. The molecule has 72 valence electrons. The van der Waals surface area contributed by atoms with Gasteiger partial charge in [-0.2, -0.15) is 0 Å². The molecule has 0 heterocycles. The number of rotatable bonds is 0. The smallest absolute Gasteiger partial charge is 0.0328 e. The van der Waals surface area contributed by atoms with Gasteiger partial charge in [0.25, 0.3) is 0 Å². The Morgan fingerprint density at radius 3 is 2.33 bits per heavy atom. The first-order valence-corrected chi connectivity index (χ1v) is 5.52. The minimum Gasteiger partial charge on any atom is -0.0625 e. The predicted octanol–water partition coefficient (Wildman–Crippen LogP) is 4.25. The zero-order valence-electron chi connectivity index (χ0n) is 9.19. The first-order valence-electron chi connectivity index (χ1n) is 5.52. The Morgan fingerprint density at radius 1 is 1.00 bits per heavy atom. The molecule has 0 saturated heterocycles. The lowest BCUT2D eigenvalue weighted by atomic mass is 9.71. The summed E-state index contributed by atoms with van der Waals surface area (Å²) in [5.74, 6) is 1.89. The van der Waals surface area contributed by atoms with Crippen LogP contribution in [0.25, 0.3) is 0 Å². The predicted molar refractivity (Wildman–Crippen MR) is 55.2 cm³/mol. The van der Waals surface area contributed by atoms with Gasteiger partial charge in [0.15, 0.2) is 0 Å². The maximum atomic E-state index is 2.44. The van der Waals surface area contributed by atoms with E-state index in [1.807, 2.05) is 0 Å². The van der Waals surface area contributed by atoms with Crippen LogP contribution in [0.5, 0.6) is 0 Å². The molecule has 12 heavy (non-hydrogen) atoms. The fourth-order valence-electron chi connectivity index (χ4n) is 2.17. The summed E-state index contributed by atoms with van der Waals surface area (Å²) in [6.45, 7) is 9.72. The van der Waals surface area contributed by atoms with Gasteiger partial charge in [-0.05, 0) is 23.7 Å². The normalized spacial score (nSPS) is 37.0. The van der Waals surface area contributed by atoms with Gasteiger partial charge in [-0.15, -0.1) is 0 Å². The molecular formula is C12H24. The Bertz CT molecular complexity index is 135. The van der Waals surface area contributed by atoms with Crippen LogP contribution in [0, 0.1) is 17.3 Å². The van der Waals surface area contributed by atoms with Crippen LogP contribution in [0.3, 0.4) is 0 Å². The van der Waals surface area contributed by atoms with E-state index in [9.17, 15) is 0 Å². The average molecular weight is 168 g/mol. The van der Waals surface area contributed by atoms with E-state index in [0.29, 0.717) is 5.41 Å². The Hall–Kier alpha value is 0. The molecular weight excluding hydrogens is 144 g/mol. The summed E-state index contributed by atoms with van der Waals surface area (Å²) in [5, 5.41) is 0. The van der Waals surface area contributed by atoms with Crippen molar-refractivity contribution in [2.45, 2.75) is 59.8 Å². The molecule has 1 saturated carbocycles. The van der Waals surface area contributed by atoms with E-state index in [1.54, 1.807) is 0 Å². The molecule has 0 heteroatoms. The van der Waals surface area contributed by atoms with Gasteiger partial charge in [-0.3, -0.25) is 0 Å². The van der Waals surface area contributed by atoms with Crippen molar-refractivity contribution in [3.63, 3.8) is 0 Å². The first-order chi connectivity index (χ1) is 5.52. The first kappa shape index (κ1) is 10.1. The maximum absolute atomic E-state index is 2.44. The van der Waals surface area contributed by atoms with E-state index >= 15 is 0 Å². The molecule has 0 N–H and O–H groups in total. The SMILES string of the molecule is CC1CCCC(C)C(C)(C)CC1. The highest BCUT2D eigenvalue weighted by Crippen LogP contribution is 2.39. The molecule has 1 aliphatic carbocycles. The minimum absolute atomic E-state index is 0.592. The zero-order chi connectivity index (χ0) is 9.19. The summed E-state index contributed by atoms with van der Waals surface area (Å²) in [5.41, 5.74) is 0.592. The van der Waals surface area contributed by atoms with Crippen molar-refractivity contribution in [3.8, 4) is 0 Å². The number of hydrogen-bond acceptors (Lipinski definition) is 0. The van der Waals surface area contributed by atoms with E-state index in [4.69, 9.17) is 0 Å². The van der Waals surface area contributed by atoms with Crippen molar-refractivity contribution in [1.29, 1.82) is 0 Å². The Balaban J connectivity index is 2.52. The lowest BCUT2D eigenvalue weighted by Gasteiger charge is -2.35. The molecule has 1 fully saturated rings. The average Bonchev–Trinajstić information content (AvgIpc) is 1.99.